The summed E-state index contributed by atoms with van der Waals surface area (Å²) in [4.78, 5) is 14.3. The number of hydrogen-bond acceptors (Lipinski definition) is 2. The number of piperidine rings is 1. The normalized spacial score (nSPS) is 24.3. The van der Waals surface area contributed by atoms with Gasteiger partial charge in [0.25, 0.3) is 0 Å². The van der Waals surface area contributed by atoms with Crippen molar-refractivity contribution in [1.29, 1.82) is 0 Å². The molecule has 0 radical (unpaired) electrons. The second kappa shape index (κ2) is 6.27. The maximum absolute atomic E-state index is 12.3. The number of nitrogens with one attached hydrogen (secondary N) is 1. The number of carbonyl (C=O) groups excluding carboxylic acids is 1. The number of carbonyl (C=O) groups is 1. The fourth-order valence-corrected chi connectivity index (χ4v) is 2.80. The first-order chi connectivity index (χ1) is 9.47. The second-order valence-corrected chi connectivity index (χ2v) is 6.02. The van der Waals surface area contributed by atoms with E-state index in [1.54, 1.807) is 0 Å². The third-order valence-corrected chi connectivity index (χ3v) is 4.06. The van der Waals surface area contributed by atoms with Gasteiger partial charge in [0.15, 0.2) is 0 Å². The molecule has 0 aromatic heterocycles. The Kier molecular flexibility index (Phi) is 4.65. The molecular formula is C16H25N3O. The van der Waals surface area contributed by atoms with Gasteiger partial charge < -0.3 is 16.0 Å². The predicted octanol–water partition coefficient (Wildman–Crippen LogP) is 3.36. The molecule has 1 aliphatic rings. The zero-order valence-electron chi connectivity index (χ0n) is 12.6. The van der Waals surface area contributed by atoms with Crippen LogP contribution in [0.1, 0.15) is 45.2 Å². The highest BCUT2D eigenvalue weighted by Gasteiger charge is 2.26. The van der Waals surface area contributed by atoms with Crippen LogP contribution in [0.5, 0.6) is 0 Å². The van der Waals surface area contributed by atoms with Gasteiger partial charge >= 0.3 is 6.03 Å². The minimum atomic E-state index is -0.0263. The summed E-state index contributed by atoms with van der Waals surface area (Å²) in [6.07, 6.45) is 2.16. The molecule has 20 heavy (non-hydrogen) atoms. The van der Waals surface area contributed by atoms with Gasteiger partial charge in [-0.2, -0.15) is 0 Å². The van der Waals surface area contributed by atoms with Crippen LogP contribution in [-0.4, -0.2) is 23.5 Å². The summed E-state index contributed by atoms with van der Waals surface area (Å²) in [5.74, 6) is 0.704. The molecule has 3 unspecified atom stereocenters. The quantitative estimate of drug-likeness (QED) is 0.869. The topological polar surface area (TPSA) is 58.4 Å². The molecule has 1 aliphatic heterocycles. The van der Waals surface area contributed by atoms with E-state index in [2.05, 4.69) is 19.2 Å². The van der Waals surface area contributed by atoms with E-state index in [0.29, 0.717) is 12.0 Å². The lowest BCUT2D eigenvalue weighted by Gasteiger charge is -2.36. The van der Waals surface area contributed by atoms with Crippen LogP contribution in [0.15, 0.2) is 24.3 Å². The third kappa shape index (κ3) is 3.51. The molecule has 110 valence electrons. The van der Waals surface area contributed by atoms with Crippen molar-refractivity contribution in [2.75, 3.05) is 11.9 Å². The van der Waals surface area contributed by atoms with E-state index < -0.39 is 0 Å². The van der Waals surface area contributed by atoms with Crippen LogP contribution in [0, 0.1) is 5.92 Å². The molecule has 2 rings (SSSR count). The van der Waals surface area contributed by atoms with Crippen LogP contribution in [0.3, 0.4) is 0 Å². The lowest BCUT2D eigenvalue weighted by Crippen LogP contribution is -2.46. The summed E-state index contributed by atoms with van der Waals surface area (Å²) >= 11 is 0. The summed E-state index contributed by atoms with van der Waals surface area (Å²) < 4.78 is 0. The minimum Gasteiger partial charge on any atom is -0.324 e. The van der Waals surface area contributed by atoms with Gasteiger partial charge in [0.1, 0.15) is 0 Å². The Labute approximate surface area is 121 Å². The van der Waals surface area contributed by atoms with Crippen LogP contribution in [-0.2, 0) is 0 Å². The van der Waals surface area contributed by atoms with Crippen molar-refractivity contribution in [2.24, 2.45) is 11.7 Å². The van der Waals surface area contributed by atoms with Crippen molar-refractivity contribution in [3.8, 4) is 0 Å². The fraction of sp³-hybridized carbons (Fsp3) is 0.562. The van der Waals surface area contributed by atoms with E-state index in [4.69, 9.17) is 5.73 Å². The van der Waals surface area contributed by atoms with Crippen molar-refractivity contribution in [2.45, 2.75) is 45.7 Å². The molecule has 1 saturated heterocycles. The maximum atomic E-state index is 12.3. The Hall–Kier alpha value is -1.55. The van der Waals surface area contributed by atoms with Crippen molar-refractivity contribution >= 4 is 11.7 Å². The van der Waals surface area contributed by atoms with Crippen molar-refractivity contribution < 1.29 is 4.79 Å². The van der Waals surface area contributed by atoms with Gasteiger partial charge in [-0.05, 0) is 50.3 Å². The molecule has 0 bridgehead atoms. The standard InChI is InChI=1S/C16H25N3O/c1-11-7-8-19(12(2)9-11)16(20)18-15-6-4-5-14(10-15)13(3)17/h4-6,10-13H,7-9,17H2,1-3H3,(H,18,20). The summed E-state index contributed by atoms with van der Waals surface area (Å²) in [6, 6.07) is 8.02. The van der Waals surface area contributed by atoms with Crippen LogP contribution in [0.25, 0.3) is 0 Å². The average Bonchev–Trinajstić information content (AvgIpc) is 2.38. The molecule has 0 saturated carbocycles. The molecule has 2 amide bonds. The van der Waals surface area contributed by atoms with E-state index in [0.717, 1.165) is 30.6 Å². The monoisotopic (exact) mass is 275 g/mol. The SMILES string of the molecule is CC1CCN(C(=O)Nc2cccc(C(C)N)c2)C(C)C1. The Morgan fingerprint density at radius 2 is 2.20 bits per heavy atom. The first kappa shape index (κ1) is 14.9. The van der Waals surface area contributed by atoms with E-state index >= 15 is 0 Å². The average molecular weight is 275 g/mol. The van der Waals surface area contributed by atoms with Crippen LogP contribution in [0.4, 0.5) is 10.5 Å². The molecule has 0 aliphatic carbocycles. The number of likely N-dealkylation sites (tertiary alicyclic amines) is 1. The highest BCUT2D eigenvalue weighted by atomic mass is 16.2. The molecule has 1 fully saturated rings. The van der Waals surface area contributed by atoms with Crippen molar-refractivity contribution in [3.63, 3.8) is 0 Å². The zero-order valence-corrected chi connectivity index (χ0v) is 12.6. The molecule has 4 nitrogen and oxygen atoms in total. The number of amides is 2. The molecule has 3 atom stereocenters. The molecule has 1 aromatic rings. The molecule has 1 aromatic carbocycles. The van der Waals surface area contributed by atoms with Crippen LogP contribution >= 0.6 is 0 Å². The first-order valence-corrected chi connectivity index (χ1v) is 7.40. The number of nitrogens with two attached hydrogens (primary N) is 1. The first-order valence-electron chi connectivity index (χ1n) is 7.40. The highest BCUT2D eigenvalue weighted by Crippen LogP contribution is 2.23. The molecular weight excluding hydrogens is 250 g/mol. The van der Waals surface area contributed by atoms with E-state index in [1.165, 1.54) is 0 Å². The Morgan fingerprint density at radius 1 is 1.45 bits per heavy atom. The number of urea groups is 1. The minimum absolute atomic E-state index is 0.00813. The van der Waals surface area contributed by atoms with Gasteiger partial charge in [0.05, 0.1) is 0 Å². The third-order valence-electron chi connectivity index (χ3n) is 4.06. The zero-order chi connectivity index (χ0) is 14.7. The number of nitrogens with zero attached hydrogens (tertiary/aromatic N) is 1. The van der Waals surface area contributed by atoms with Crippen LogP contribution < -0.4 is 11.1 Å². The largest absolute Gasteiger partial charge is 0.324 e. The van der Waals surface area contributed by atoms with Gasteiger partial charge in [0.2, 0.25) is 0 Å². The van der Waals surface area contributed by atoms with E-state index in [9.17, 15) is 4.79 Å². The summed E-state index contributed by atoms with van der Waals surface area (Å²) in [7, 11) is 0. The van der Waals surface area contributed by atoms with Gasteiger partial charge in [-0.15, -0.1) is 0 Å². The molecule has 1 heterocycles. The van der Waals surface area contributed by atoms with Gasteiger partial charge in [-0.25, -0.2) is 4.79 Å². The number of hydrogen-bond donors (Lipinski definition) is 2. The molecule has 0 spiro atoms. The molecule has 4 heteroatoms. The van der Waals surface area contributed by atoms with Gasteiger partial charge in [0, 0.05) is 24.3 Å². The smallest absolute Gasteiger partial charge is 0.322 e. The van der Waals surface area contributed by atoms with Crippen molar-refractivity contribution in [1.82, 2.24) is 4.90 Å². The highest BCUT2D eigenvalue weighted by molar-refractivity contribution is 5.89. The summed E-state index contributed by atoms with van der Waals surface area (Å²) in [6.45, 7) is 7.14. The van der Waals surface area contributed by atoms with Gasteiger partial charge in [-0.3, -0.25) is 0 Å². The lowest BCUT2D eigenvalue weighted by atomic mass is 9.94. The maximum Gasteiger partial charge on any atom is 0.322 e. The summed E-state index contributed by atoms with van der Waals surface area (Å²) in [5, 5.41) is 2.98. The van der Waals surface area contributed by atoms with E-state index in [1.807, 2.05) is 36.1 Å². The lowest BCUT2D eigenvalue weighted by molar-refractivity contribution is 0.150. The van der Waals surface area contributed by atoms with Crippen LogP contribution in [0.2, 0.25) is 0 Å². The fourth-order valence-electron chi connectivity index (χ4n) is 2.80. The van der Waals surface area contributed by atoms with E-state index in [-0.39, 0.29) is 12.1 Å². The Balaban J connectivity index is 2.02. The number of rotatable bonds is 2. The Morgan fingerprint density at radius 3 is 2.85 bits per heavy atom. The second-order valence-electron chi connectivity index (χ2n) is 6.02. The molecule has 3 N–H and O–H groups in total. The number of anilines is 1. The summed E-state index contributed by atoms with van der Waals surface area (Å²) in [5.41, 5.74) is 7.72. The predicted molar refractivity (Wildman–Crippen MR) is 82.6 cm³/mol. The van der Waals surface area contributed by atoms with Gasteiger partial charge in [-0.1, -0.05) is 19.1 Å². The Bertz CT molecular complexity index is 473. The van der Waals surface area contributed by atoms with Crippen molar-refractivity contribution in [3.05, 3.63) is 29.8 Å². The number of benzene rings is 1.